The average Bonchev–Trinajstić information content (AvgIpc) is 2.46. The summed E-state index contributed by atoms with van der Waals surface area (Å²) in [5.41, 5.74) is 11.4. The van der Waals surface area contributed by atoms with Crippen molar-refractivity contribution in [2.45, 2.75) is 6.04 Å². The molecule has 20 heavy (non-hydrogen) atoms. The highest BCUT2D eigenvalue weighted by atomic mass is 19.1. The standard InChI is InChI=1S/C15H13FN2O2/c16-12-7-2-1-6-11(12)14(19)10-5-3-4-9(8-10)13(17)15(18)20/h1-8,13H,17H2,(H2,18,20). The third-order valence-electron chi connectivity index (χ3n) is 2.93. The van der Waals surface area contributed by atoms with Crippen molar-refractivity contribution in [3.8, 4) is 0 Å². The molecule has 2 rings (SSSR count). The van der Waals surface area contributed by atoms with Crippen molar-refractivity contribution in [3.05, 3.63) is 71.0 Å². The van der Waals surface area contributed by atoms with E-state index in [4.69, 9.17) is 11.5 Å². The van der Waals surface area contributed by atoms with Crippen LogP contribution < -0.4 is 11.5 Å². The van der Waals surface area contributed by atoms with E-state index in [0.717, 1.165) is 0 Å². The summed E-state index contributed by atoms with van der Waals surface area (Å²) in [5.74, 6) is -1.76. The molecule has 2 aromatic carbocycles. The van der Waals surface area contributed by atoms with Gasteiger partial charge in [-0.05, 0) is 23.8 Å². The molecular weight excluding hydrogens is 259 g/mol. The maximum absolute atomic E-state index is 13.6. The topological polar surface area (TPSA) is 86.2 Å². The van der Waals surface area contributed by atoms with Crippen LogP contribution in [0.2, 0.25) is 0 Å². The van der Waals surface area contributed by atoms with Crippen molar-refractivity contribution in [2.24, 2.45) is 11.5 Å². The van der Waals surface area contributed by atoms with E-state index >= 15 is 0 Å². The van der Waals surface area contributed by atoms with Gasteiger partial charge in [-0.1, -0.05) is 30.3 Å². The van der Waals surface area contributed by atoms with Gasteiger partial charge in [-0.15, -0.1) is 0 Å². The fourth-order valence-corrected chi connectivity index (χ4v) is 1.84. The summed E-state index contributed by atoms with van der Waals surface area (Å²) in [6, 6.07) is 10.9. The molecule has 0 bridgehead atoms. The second-order valence-electron chi connectivity index (χ2n) is 4.31. The van der Waals surface area contributed by atoms with E-state index < -0.39 is 23.5 Å². The lowest BCUT2D eigenvalue weighted by atomic mass is 9.98. The molecule has 102 valence electrons. The van der Waals surface area contributed by atoms with Crippen LogP contribution in [0, 0.1) is 5.82 Å². The van der Waals surface area contributed by atoms with Crippen LogP contribution in [0.25, 0.3) is 0 Å². The monoisotopic (exact) mass is 272 g/mol. The molecule has 5 heteroatoms. The molecule has 1 unspecified atom stereocenters. The van der Waals surface area contributed by atoms with E-state index in [-0.39, 0.29) is 11.1 Å². The molecule has 4 N–H and O–H groups in total. The van der Waals surface area contributed by atoms with Crippen molar-refractivity contribution < 1.29 is 14.0 Å². The van der Waals surface area contributed by atoms with Crippen LogP contribution in [-0.4, -0.2) is 11.7 Å². The number of nitrogens with two attached hydrogens (primary N) is 2. The van der Waals surface area contributed by atoms with E-state index in [1.54, 1.807) is 18.2 Å². The minimum atomic E-state index is -0.997. The minimum absolute atomic E-state index is 0.0303. The second-order valence-corrected chi connectivity index (χ2v) is 4.31. The Bertz CT molecular complexity index is 670. The number of amides is 1. The van der Waals surface area contributed by atoms with Crippen LogP contribution in [0.1, 0.15) is 27.5 Å². The van der Waals surface area contributed by atoms with E-state index in [0.29, 0.717) is 5.56 Å². The lowest BCUT2D eigenvalue weighted by Gasteiger charge is -2.09. The molecule has 0 fully saturated rings. The average molecular weight is 272 g/mol. The van der Waals surface area contributed by atoms with Gasteiger partial charge in [0, 0.05) is 5.56 Å². The molecule has 1 amide bonds. The zero-order valence-electron chi connectivity index (χ0n) is 10.5. The second kappa shape index (κ2) is 5.63. The highest BCUT2D eigenvalue weighted by molar-refractivity contribution is 6.09. The van der Waals surface area contributed by atoms with E-state index in [2.05, 4.69) is 0 Å². The van der Waals surface area contributed by atoms with Gasteiger partial charge in [0.2, 0.25) is 5.91 Å². The lowest BCUT2D eigenvalue weighted by Crippen LogP contribution is -2.28. The maximum Gasteiger partial charge on any atom is 0.238 e. The maximum atomic E-state index is 13.6. The molecule has 0 aliphatic carbocycles. The van der Waals surface area contributed by atoms with Crippen LogP contribution in [0.3, 0.4) is 0 Å². The molecule has 0 radical (unpaired) electrons. The number of carbonyl (C=O) groups excluding carboxylic acids is 2. The van der Waals surface area contributed by atoms with Crippen LogP contribution in [0.15, 0.2) is 48.5 Å². The Hall–Kier alpha value is -2.53. The third kappa shape index (κ3) is 2.73. The van der Waals surface area contributed by atoms with Gasteiger partial charge in [0.05, 0.1) is 5.56 Å². The molecule has 0 saturated heterocycles. The van der Waals surface area contributed by atoms with Crippen molar-refractivity contribution in [1.82, 2.24) is 0 Å². The SMILES string of the molecule is NC(=O)C(N)c1cccc(C(=O)c2ccccc2F)c1. The zero-order valence-corrected chi connectivity index (χ0v) is 10.5. The summed E-state index contributed by atoms with van der Waals surface area (Å²) >= 11 is 0. The molecular formula is C15H13FN2O2. The third-order valence-corrected chi connectivity index (χ3v) is 2.93. The Morgan fingerprint density at radius 3 is 2.40 bits per heavy atom. The van der Waals surface area contributed by atoms with Gasteiger partial charge >= 0.3 is 0 Å². The summed E-state index contributed by atoms with van der Waals surface area (Å²) in [4.78, 5) is 23.3. The van der Waals surface area contributed by atoms with Crippen LogP contribution in [-0.2, 0) is 4.79 Å². The lowest BCUT2D eigenvalue weighted by molar-refractivity contribution is -0.119. The number of halogens is 1. The first-order valence-electron chi connectivity index (χ1n) is 5.95. The molecule has 0 aliphatic rings. The highest BCUT2D eigenvalue weighted by Crippen LogP contribution is 2.17. The number of benzene rings is 2. The normalized spacial score (nSPS) is 11.9. The molecule has 1 atom stereocenters. The Kier molecular flexibility index (Phi) is 3.91. The van der Waals surface area contributed by atoms with E-state index in [9.17, 15) is 14.0 Å². The van der Waals surface area contributed by atoms with E-state index in [1.807, 2.05) is 0 Å². The first-order valence-corrected chi connectivity index (χ1v) is 5.95. The predicted octanol–water partition coefficient (Wildman–Crippen LogP) is 1.54. The first-order chi connectivity index (χ1) is 9.50. The Labute approximate surface area is 115 Å². The van der Waals surface area contributed by atoms with Gasteiger partial charge in [-0.25, -0.2) is 4.39 Å². The molecule has 0 aliphatic heterocycles. The summed E-state index contributed by atoms with van der Waals surface area (Å²) in [5, 5.41) is 0. The first kappa shape index (κ1) is 13.9. The van der Waals surface area contributed by atoms with Crippen molar-refractivity contribution in [1.29, 1.82) is 0 Å². The van der Waals surface area contributed by atoms with Crippen LogP contribution in [0.4, 0.5) is 4.39 Å². The Balaban J connectivity index is 2.39. The molecule has 0 aromatic heterocycles. The summed E-state index contributed by atoms with van der Waals surface area (Å²) in [6.07, 6.45) is 0. The van der Waals surface area contributed by atoms with Gasteiger partial charge in [-0.3, -0.25) is 9.59 Å². The number of primary amides is 1. The molecule has 0 saturated carbocycles. The van der Waals surface area contributed by atoms with Crippen LogP contribution in [0.5, 0.6) is 0 Å². The largest absolute Gasteiger partial charge is 0.368 e. The number of hydrogen-bond donors (Lipinski definition) is 2. The fraction of sp³-hybridized carbons (Fsp3) is 0.0667. The van der Waals surface area contributed by atoms with Gasteiger partial charge in [0.25, 0.3) is 0 Å². The zero-order chi connectivity index (χ0) is 14.7. The molecule has 4 nitrogen and oxygen atoms in total. The van der Waals surface area contributed by atoms with E-state index in [1.165, 1.54) is 30.3 Å². The molecule has 0 heterocycles. The predicted molar refractivity (Wildman–Crippen MR) is 72.4 cm³/mol. The number of rotatable bonds is 4. The van der Waals surface area contributed by atoms with Crippen molar-refractivity contribution in [2.75, 3.05) is 0 Å². The summed E-state index contributed by atoms with van der Waals surface area (Å²) in [6.45, 7) is 0. The van der Waals surface area contributed by atoms with Gasteiger partial charge in [0.1, 0.15) is 11.9 Å². The molecule has 0 spiro atoms. The summed E-state index contributed by atoms with van der Waals surface area (Å²) in [7, 11) is 0. The summed E-state index contributed by atoms with van der Waals surface area (Å²) < 4.78 is 13.6. The van der Waals surface area contributed by atoms with Gasteiger partial charge < -0.3 is 11.5 Å². The van der Waals surface area contributed by atoms with Gasteiger partial charge in [0.15, 0.2) is 5.78 Å². The van der Waals surface area contributed by atoms with Crippen LogP contribution >= 0.6 is 0 Å². The Morgan fingerprint density at radius 1 is 1.05 bits per heavy atom. The fourth-order valence-electron chi connectivity index (χ4n) is 1.84. The number of carbonyl (C=O) groups is 2. The number of hydrogen-bond acceptors (Lipinski definition) is 3. The minimum Gasteiger partial charge on any atom is -0.368 e. The number of ketones is 1. The highest BCUT2D eigenvalue weighted by Gasteiger charge is 2.17. The Morgan fingerprint density at radius 2 is 1.75 bits per heavy atom. The molecule has 2 aromatic rings. The quantitative estimate of drug-likeness (QED) is 0.828. The van der Waals surface area contributed by atoms with Crippen molar-refractivity contribution in [3.63, 3.8) is 0 Å². The smallest absolute Gasteiger partial charge is 0.238 e. The van der Waals surface area contributed by atoms with Gasteiger partial charge in [-0.2, -0.15) is 0 Å². The van der Waals surface area contributed by atoms with Crippen molar-refractivity contribution >= 4 is 11.7 Å².